The molecule has 5 nitrogen and oxygen atoms in total. The molecule has 25 heavy (non-hydrogen) atoms. The Hall–Kier alpha value is -3.08. The summed E-state index contributed by atoms with van der Waals surface area (Å²) < 4.78 is 16.6. The highest BCUT2D eigenvalue weighted by atomic mass is 16.5. The van der Waals surface area contributed by atoms with E-state index in [0.717, 1.165) is 16.9 Å². The van der Waals surface area contributed by atoms with Gasteiger partial charge in [-0.05, 0) is 17.5 Å². The molecule has 0 saturated carbocycles. The average molecular weight is 336 g/mol. The maximum atomic E-state index is 5.60. The highest BCUT2D eigenvalue weighted by Crippen LogP contribution is 2.44. The van der Waals surface area contributed by atoms with Gasteiger partial charge in [0.25, 0.3) is 0 Å². The lowest BCUT2D eigenvalue weighted by Gasteiger charge is -2.31. The van der Waals surface area contributed by atoms with Crippen LogP contribution in [0.15, 0.2) is 48.5 Å². The average Bonchev–Trinajstić information content (AvgIpc) is 2.67. The third-order valence-corrected chi connectivity index (χ3v) is 4.55. The molecule has 0 aliphatic carbocycles. The zero-order valence-corrected chi connectivity index (χ0v) is 14.4. The van der Waals surface area contributed by atoms with Crippen molar-refractivity contribution in [3.63, 3.8) is 0 Å². The molecule has 1 heterocycles. The predicted molar refractivity (Wildman–Crippen MR) is 100 cm³/mol. The Labute approximate surface area is 146 Å². The molecule has 0 aromatic heterocycles. The standard InChI is InChI=1S/C20H20N2O3/c1-23-13-10-16(24-2)19(17(11-13)25-3)20-21-14-8-4-6-12-7-5-9-15(22-20)18(12)14/h4-11,20-22H,1-3H3. The largest absolute Gasteiger partial charge is 0.496 e. The van der Waals surface area contributed by atoms with Gasteiger partial charge in [0.15, 0.2) is 0 Å². The first-order chi connectivity index (χ1) is 12.2. The lowest BCUT2D eigenvalue weighted by Crippen LogP contribution is -2.24. The van der Waals surface area contributed by atoms with Crippen LogP contribution in [0.3, 0.4) is 0 Å². The van der Waals surface area contributed by atoms with Crippen molar-refractivity contribution in [3.8, 4) is 17.2 Å². The van der Waals surface area contributed by atoms with Crippen LogP contribution in [-0.2, 0) is 0 Å². The third-order valence-electron chi connectivity index (χ3n) is 4.55. The van der Waals surface area contributed by atoms with E-state index < -0.39 is 0 Å². The van der Waals surface area contributed by atoms with E-state index in [4.69, 9.17) is 14.2 Å². The molecule has 5 heteroatoms. The summed E-state index contributed by atoms with van der Waals surface area (Å²) in [5.41, 5.74) is 3.06. The normalized spacial score (nSPS) is 13.1. The molecule has 0 unspecified atom stereocenters. The molecule has 3 aromatic rings. The molecule has 3 aromatic carbocycles. The molecule has 0 saturated heterocycles. The van der Waals surface area contributed by atoms with Crippen molar-refractivity contribution in [1.82, 2.24) is 0 Å². The summed E-state index contributed by atoms with van der Waals surface area (Å²) in [5.74, 6) is 2.09. The minimum Gasteiger partial charge on any atom is -0.496 e. The Kier molecular flexibility index (Phi) is 3.76. The van der Waals surface area contributed by atoms with Gasteiger partial charge in [-0.1, -0.05) is 24.3 Å². The number of methoxy groups -OCH3 is 3. The van der Waals surface area contributed by atoms with E-state index in [1.807, 2.05) is 12.1 Å². The smallest absolute Gasteiger partial charge is 0.133 e. The number of benzene rings is 3. The monoisotopic (exact) mass is 336 g/mol. The van der Waals surface area contributed by atoms with E-state index in [0.29, 0.717) is 17.2 Å². The van der Waals surface area contributed by atoms with Crippen LogP contribution in [0.25, 0.3) is 10.8 Å². The minimum atomic E-state index is -0.184. The van der Waals surface area contributed by atoms with Crippen molar-refractivity contribution in [3.05, 3.63) is 54.1 Å². The van der Waals surface area contributed by atoms with Crippen LogP contribution in [0.1, 0.15) is 11.7 Å². The van der Waals surface area contributed by atoms with Crippen LogP contribution >= 0.6 is 0 Å². The van der Waals surface area contributed by atoms with E-state index in [9.17, 15) is 0 Å². The molecule has 0 bridgehead atoms. The number of rotatable bonds is 4. The molecule has 0 fully saturated rings. The van der Waals surface area contributed by atoms with Gasteiger partial charge >= 0.3 is 0 Å². The number of nitrogens with one attached hydrogen (secondary N) is 2. The topological polar surface area (TPSA) is 51.8 Å². The summed E-state index contributed by atoms with van der Waals surface area (Å²) in [5, 5.41) is 9.49. The second kappa shape index (κ2) is 6.09. The molecule has 0 radical (unpaired) electrons. The quantitative estimate of drug-likeness (QED) is 0.739. The third kappa shape index (κ3) is 2.48. The predicted octanol–water partition coefficient (Wildman–Crippen LogP) is 4.40. The Bertz CT molecular complexity index is 874. The zero-order valence-electron chi connectivity index (χ0n) is 14.4. The number of anilines is 2. The van der Waals surface area contributed by atoms with Crippen molar-refractivity contribution in [2.45, 2.75) is 6.17 Å². The lowest BCUT2D eigenvalue weighted by atomic mass is 10.0. The molecular formula is C20H20N2O3. The molecular weight excluding hydrogens is 316 g/mol. The minimum absolute atomic E-state index is 0.184. The second-order valence-electron chi connectivity index (χ2n) is 5.88. The van der Waals surface area contributed by atoms with Gasteiger partial charge in [-0.2, -0.15) is 0 Å². The van der Waals surface area contributed by atoms with Crippen molar-refractivity contribution in [1.29, 1.82) is 0 Å². The Morgan fingerprint density at radius 2 is 1.32 bits per heavy atom. The van der Waals surface area contributed by atoms with E-state index in [1.165, 1.54) is 10.8 Å². The van der Waals surface area contributed by atoms with Crippen molar-refractivity contribution < 1.29 is 14.2 Å². The van der Waals surface area contributed by atoms with Gasteiger partial charge in [0.05, 0.1) is 26.9 Å². The van der Waals surface area contributed by atoms with E-state index in [-0.39, 0.29) is 6.17 Å². The number of ether oxygens (including phenoxy) is 3. The van der Waals surface area contributed by atoms with Crippen LogP contribution in [0.4, 0.5) is 11.4 Å². The summed E-state index contributed by atoms with van der Waals surface area (Å²) in [6.07, 6.45) is -0.184. The summed E-state index contributed by atoms with van der Waals surface area (Å²) in [7, 11) is 4.92. The van der Waals surface area contributed by atoms with Crippen LogP contribution in [0.5, 0.6) is 17.2 Å². The van der Waals surface area contributed by atoms with Crippen LogP contribution < -0.4 is 24.8 Å². The summed E-state index contributed by atoms with van der Waals surface area (Å²) >= 11 is 0. The van der Waals surface area contributed by atoms with E-state index in [2.05, 4.69) is 47.0 Å². The second-order valence-corrected chi connectivity index (χ2v) is 5.88. The van der Waals surface area contributed by atoms with E-state index >= 15 is 0 Å². The summed E-state index contributed by atoms with van der Waals surface area (Å²) in [6.45, 7) is 0. The van der Waals surface area contributed by atoms with Crippen LogP contribution in [-0.4, -0.2) is 21.3 Å². The number of hydrogen-bond donors (Lipinski definition) is 2. The SMILES string of the molecule is COc1cc(OC)c(C2Nc3cccc4cccc(c34)N2)c(OC)c1. The molecule has 0 atom stereocenters. The van der Waals surface area contributed by atoms with Gasteiger partial charge < -0.3 is 24.8 Å². The Morgan fingerprint density at radius 1 is 0.760 bits per heavy atom. The van der Waals surface area contributed by atoms with Gasteiger partial charge in [0.2, 0.25) is 0 Å². The zero-order chi connectivity index (χ0) is 17.4. The molecule has 128 valence electrons. The maximum Gasteiger partial charge on any atom is 0.133 e. The lowest BCUT2D eigenvalue weighted by molar-refractivity contribution is 0.367. The first-order valence-corrected chi connectivity index (χ1v) is 8.10. The molecule has 1 aliphatic rings. The molecule has 2 N–H and O–H groups in total. The van der Waals surface area contributed by atoms with Gasteiger partial charge in [-0.15, -0.1) is 0 Å². The summed E-state index contributed by atoms with van der Waals surface area (Å²) in [4.78, 5) is 0. The molecule has 1 aliphatic heterocycles. The van der Waals surface area contributed by atoms with Crippen molar-refractivity contribution >= 4 is 22.1 Å². The fourth-order valence-corrected chi connectivity index (χ4v) is 3.39. The first kappa shape index (κ1) is 15.4. The van der Waals surface area contributed by atoms with Gasteiger partial charge in [0.1, 0.15) is 23.4 Å². The molecule has 0 spiro atoms. The van der Waals surface area contributed by atoms with E-state index in [1.54, 1.807) is 21.3 Å². The molecule has 0 amide bonds. The highest BCUT2D eigenvalue weighted by molar-refractivity contribution is 6.04. The van der Waals surface area contributed by atoms with Gasteiger partial charge in [-0.25, -0.2) is 0 Å². The Morgan fingerprint density at radius 3 is 1.80 bits per heavy atom. The highest BCUT2D eigenvalue weighted by Gasteiger charge is 2.26. The van der Waals surface area contributed by atoms with Gasteiger partial charge in [-0.3, -0.25) is 0 Å². The maximum absolute atomic E-state index is 5.60. The number of hydrogen-bond acceptors (Lipinski definition) is 5. The van der Waals surface area contributed by atoms with Crippen LogP contribution in [0, 0.1) is 0 Å². The van der Waals surface area contributed by atoms with Gasteiger partial charge in [0, 0.05) is 28.9 Å². The van der Waals surface area contributed by atoms with Crippen molar-refractivity contribution in [2.24, 2.45) is 0 Å². The Balaban J connectivity index is 1.85. The van der Waals surface area contributed by atoms with Crippen LogP contribution in [0.2, 0.25) is 0 Å². The fourth-order valence-electron chi connectivity index (χ4n) is 3.39. The first-order valence-electron chi connectivity index (χ1n) is 8.10. The molecule has 4 rings (SSSR count). The summed E-state index contributed by atoms with van der Waals surface area (Å²) in [6, 6.07) is 16.2. The van der Waals surface area contributed by atoms with Crippen molar-refractivity contribution in [2.75, 3.05) is 32.0 Å². The fraction of sp³-hybridized carbons (Fsp3) is 0.200.